The highest BCUT2D eigenvalue weighted by molar-refractivity contribution is 9.10. The van der Waals surface area contributed by atoms with Crippen LogP contribution in [-0.2, 0) is 6.42 Å². The van der Waals surface area contributed by atoms with Crippen LogP contribution in [0.15, 0.2) is 27.3 Å². The van der Waals surface area contributed by atoms with Crippen LogP contribution in [0.2, 0.25) is 0 Å². The highest BCUT2D eigenvalue weighted by Crippen LogP contribution is 2.39. The van der Waals surface area contributed by atoms with Crippen LogP contribution >= 0.6 is 15.9 Å². The summed E-state index contributed by atoms with van der Waals surface area (Å²) in [6.07, 6.45) is 6.89. The maximum atomic E-state index is 5.72. The van der Waals surface area contributed by atoms with Crippen LogP contribution in [0.5, 0.6) is 0 Å². The molecule has 0 saturated heterocycles. The number of rotatable bonds is 4. The predicted octanol–water partition coefficient (Wildman–Crippen LogP) is 3.45. The van der Waals surface area contributed by atoms with Gasteiger partial charge < -0.3 is 4.42 Å². The van der Waals surface area contributed by atoms with Crippen LogP contribution in [0.25, 0.3) is 0 Å². The summed E-state index contributed by atoms with van der Waals surface area (Å²) in [6.45, 7) is 2.10. The zero-order valence-corrected chi connectivity index (χ0v) is 11.7. The molecule has 1 aliphatic rings. The molecule has 1 aliphatic carbocycles. The fraction of sp³-hybridized carbons (Fsp3) is 0.462. The minimum atomic E-state index is 0.223. The zero-order chi connectivity index (χ0) is 12.5. The Morgan fingerprint density at radius 3 is 2.94 bits per heavy atom. The summed E-state index contributed by atoms with van der Waals surface area (Å²) in [7, 11) is 0. The van der Waals surface area contributed by atoms with Crippen molar-refractivity contribution in [3.8, 4) is 0 Å². The molecule has 0 aromatic carbocycles. The summed E-state index contributed by atoms with van der Waals surface area (Å²) in [4.78, 5) is 4.16. The lowest BCUT2D eigenvalue weighted by atomic mass is 10.0. The van der Waals surface area contributed by atoms with Crippen LogP contribution in [0.1, 0.15) is 48.9 Å². The van der Waals surface area contributed by atoms with Crippen molar-refractivity contribution < 1.29 is 4.42 Å². The molecule has 0 bridgehead atoms. The lowest BCUT2D eigenvalue weighted by molar-refractivity contribution is 0.423. The molecule has 1 fully saturated rings. The molecule has 0 amide bonds. The van der Waals surface area contributed by atoms with Crippen molar-refractivity contribution in [2.24, 2.45) is 0 Å². The first-order valence-electron chi connectivity index (χ1n) is 6.15. The average Bonchev–Trinajstić information content (AvgIpc) is 3.07. The van der Waals surface area contributed by atoms with Gasteiger partial charge in [0, 0.05) is 28.7 Å². The summed E-state index contributed by atoms with van der Waals surface area (Å²) in [5.41, 5.74) is 1.17. The first-order chi connectivity index (χ1) is 8.72. The number of pyridine rings is 1. The molecule has 2 aromatic heterocycles. The SMILES string of the molecule is CC(Cc1cncc(Br)c1)c1nnc(C2CC2)o1. The largest absolute Gasteiger partial charge is 0.425 e. The van der Waals surface area contributed by atoms with Crippen LogP contribution in [0.3, 0.4) is 0 Å². The molecule has 0 N–H and O–H groups in total. The molecule has 0 aliphatic heterocycles. The topological polar surface area (TPSA) is 51.8 Å². The number of aromatic nitrogens is 3. The Hall–Kier alpha value is -1.23. The molecule has 1 atom stereocenters. The number of hydrogen-bond donors (Lipinski definition) is 0. The molecule has 1 saturated carbocycles. The van der Waals surface area contributed by atoms with Crippen molar-refractivity contribution in [1.29, 1.82) is 0 Å². The molecule has 2 aromatic rings. The monoisotopic (exact) mass is 307 g/mol. The van der Waals surface area contributed by atoms with E-state index in [1.54, 1.807) is 6.20 Å². The van der Waals surface area contributed by atoms with Gasteiger partial charge in [-0.05, 0) is 46.8 Å². The third-order valence-electron chi connectivity index (χ3n) is 3.11. The van der Waals surface area contributed by atoms with Crippen molar-refractivity contribution in [3.05, 3.63) is 40.3 Å². The first-order valence-corrected chi connectivity index (χ1v) is 6.94. The first kappa shape index (κ1) is 11.8. The second-order valence-electron chi connectivity index (χ2n) is 4.87. The van der Waals surface area contributed by atoms with Crippen molar-refractivity contribution in [1.82, 2.24) is 15.2 Å². The molecule has 4 nitrogen and oxygen atoms in total. The van der Waals surface area contributed by atoms with Crippen molar-refractivity contribution in [2.75, 3.05) is 0 Å². The van der Waals surface area contributed by atoms with Gasteiger partial charge in [-0.15, -0.1) is 10.2 Å². The Morgan fingerprint density at radius 1 is 1.39 bits per heavy atom. The minimum Gasteiger partial charge on any atom is -0.425 e. The van der Waals surface area contributed by atoms with E-state index < -0.39 is 0 Å². The van der Waals surface area contributed by atoms with Gasteiger partial charge in [-0.1, -0.05) is 6.92 Å². The van der Waals surface area contributed by atoms with Gasteiger partial charge in [0.15, 0.2) is 0 Å². The fourth-order valence-electron chi connectivity index (χ4n) is 1.95. The van der Waals surface area contributed by atoms with Gasteiger partial charge in [-0.25, -0.2) is 0 Å². The smallest absolute Gasteiger partial charge is 0.219 e. The highest BCUT2D eigenvalue weighted by Gasteiger charge is 2.30. The Morgan fingerprint density at radius 2 is 2.22 bits per heavy atom. The lowest BCUT2D eigenvalue weighted by Gasteiger charge is -2.06. The van der Waals surface area contributed by atoms with Gasteiger partial charge in [0.1, 0.15) is 0 Å². The van der Waals surface area contributed by atoms with Gasteiger partial charge in [0.05, 0.1) is 0 Å². The third-order valence-corrected chi connectivity index (χ3v) is 3.54. The molecule has 1 unspecified atom stereocenters. The van der Waals surface area contributed by atoms with E-state index in [9.17, 15) is 0 Å². The zero-order valence-electron chi connectivity index (χ0n) is 10.1. The van der Waals surface area contributed by atoms with Gasteiger partial charge >= 0.3 is 0 Å². The summed E-state index contributed by atoms with van der Waals surface area (Å²) >= 11 is 3.43. The number of nitrogens with zero attached hydrogens (tertiary/aromatic N) is 3. The normalized spacial score (nSPS) is 16.8. The van der Waals surface area contributed by atoms with Crippen LogP contribution in [0, 0.1) is 0 Å². The Balaban J connectivity index is 1.71. The molecular weight excluding hydrogens is 294 g/mol. The predicted molar refractivity (Wildman–Crippen MR) is 70.3 cm³/mol. The molecule has 18 heavy (non-hydrogen) atoms. The molecule has 0 spiro atoms. The molecule has 94 valence electrons. The minimum absolute atomic E-state index is 0.223. The number of halogens is 1. The van der Waals surface area contributed by atoms with E-state index in [4.69, 9.17) is 4.42 Å². The van der Waals surface area contributed by atoms with Gasteiger partial charge in [0.25, 0.3) is 0 Å². The lowest BCUT2D eigenvalue weighted by Crippen LogP contribution is -1.99. The van der Waals surface area contributed by atoms with Crippen LogP contribution in [0.4, 0.5) is 0 Å². The van der Waals surface area contributed by atoms with E-state index in [1.165, 1.54) is 18.4 Å². The van der Waals surface area contributed by atoms with E-state index in [-0.39, 0.29) is 5.92 Å². The van der Waals surface area contributed by atoms with Crippen LogP contribution in [-0.4, -0.2) is 15.2 Å². The highest BCUT2D eigenvalue weighted by atomic mass is 79.9. The van der Waals surface area contributed by atoms with E-state index in [0.29, 0.717) is 5.92 Å². The van der Waals surface area contributed by atoms with Crippen LogP contribution < -0.4 is 0 Å². The van der Waals surface area contributed by atoms with E-state index in [1.807, 2.05) is 6.20 Å². The van der Waals surface area contributed by atoms with E-state index in [2.05, 4.69) is 44.1 Å². The fourth-order valence-corrected chi connectivity index (χ4v) is 2.36. The second-order valence-corrected chi connectivity index (χ2v) is 5.79. The van der Waals surface area contributed by atoms with E-state index in [0.717, 1.165) is 22.7 Å². The standard InChI is InChI=1S/C13H14BrN3O/c1-8(4-9-5-11(14)7-15-6-9)12-16-17-13(18-12)10-2-3-10/h5-8,10H,2-4H2,1H3. The average molecular weight is 308 g/mol. The maximum absolute atomic E-state index is 5.72. The van der Waals surface area contributed by atoms with Gasteiger partial charge in [0.2, 0.25) is 11.8 Å². The molecule has 5 heteroatoms. The van der Waals surface area contributed by atoms with Gasteiger partial charge in [-0.3, -0.25) is 4.98 Å². The maximum Gasteiger partial charge on any atom is 0.219 e. The van der Waals surface area contributed by atoms with Crippen molar-refractivity contribution in [3.63, 3.8) is 0 Å². The third kappa shape index (κ3) is 2.61. The molecule has 3 rings (SSSR count). The van der Waals surface area contributed by atoms with Gasteiger partial charge in [-0.2, -0.15) is 0 Å². The summed E-state index contributed by atoms with van der Waals surface area (Å²) in [5, 5.41) is 8.26. The summed E-state index contributed by atoms with van der Waals surface area (Å²) < 4.78 is 6.71. The van der Waals surface area contributed by atoms with Crippen molar-refractivity contribution in [2.45, 2.75) is 38.0 Å². The Kier molecular flexibility index (Phi) is 3.16. The number of hydrogen-bond acceptors (Lipinski definition) is 4. The summed E-state index contributed by atoms with van der Waals surface area (Å²) in [5.74, 6) is 2.29. The molecule has 0 radical (unpaired) electrons. The van der Waals surface area contributed by atoms with Crippen molar-refractivity contribution >= 4 is 15.9 Å². The Labute approximate surface area is 114 Å². The summed E-state index contributed by atoms with van der Waals surface area (Å²) in [6, 6.07) is 2.07. The second kappa shape index (κ2) is 4.80. The quantitative estimate of drug-likeness (QED) is 0.868. The Bertz CT molecular complexity index is 551. The molecular formula is C13H14BrN3O. The van der Waals surface area contributed by atoms with E-state index >= 15 is 0 Å². The molecule has 2 heterocycles.